The van der Waals surface area contributed by atoms with Crippen molar-refractivity contribution >= 4 is 28.6 Å². The molecule has 3 aromatic rings. The first kappa shape index (κ1) is 16.3. The molecule has 126 valence electrons. The number of carboxylic acid groups (broad SMARTS) is 1. The highest BCUT2D eigenvalue weighted by Crippen LogP contribution is 2.32. The van der Waals surface area contributed by atoms with Gasteiger partial charge in [0.2, 0.25) is 0 Å². The number of halogens is 1. The Bertz CT molecular complexity index is 1030. The van der Waals surface area contributed by atoms with E-state index in [0.29, 0.717) is 0 Å². The van der Waals surface area contributed by atoms with Gasteiger partial charge < -0.3 is 15.4 Å². The van der Waals surface area contributed by atoms with Crippen LogP contribution in [0.2, 0.25) is 0 Å². The predicted octanol–water partition coefficient (Wildman–Crippen LogP) is 2.98. The molecule has 3 N–H and O–H groups in total. The molecule has 0 radical (unpaired) electrons. The van der Waals surface area contributed by atoms with Crippen molar-refractivity contribution in [1.29, 1.82) is 0 Å². The number of carbonyl (C=O) groups excluding carboxylic acids is 1. The van der Waals surface area contributed by atoms with E-state index in [1.165, 1.54) is 37.6 Å². The number of hydrogen-bond acceptors (Lipinski definition) is 4. The number of anilines is 1. The van der Waals surface area contributed by atoms with E-state index in [2.05, 4.69) is 26.8 Å². The quantitative estimate of drug-likeness (QED) is 0.633. The molecule has 0 bridgehead atoms. The van der Waals surface area contributed by atoms with Crippen LogP contribution in [0.25, 0.3) is 22.3 Å². The summed E-state index contributed by atoms with van der Waals surface area (Å²) in [7, 11) is 0. The summed E-state index contributed by atoms with van der Waals surface area (Å²) in [6, 6.07) is 4.38. The molecular formula is C17H13FN4O3. The minimum absolute atomic E-state index is 0.0500. The average Bonchev–Trinajstić information content (AvgIpc) is 3.01. The molecule has 2 aromatic heterocycles. The van der Waals surface area contributed by atoms with E-state index in [9.17, 15) is 19.1 Å². The van der Waals surface area contributed by atoms with E-state index in [1.807, 2.05) is 0 Å². The fraction of sp³-hybridized carbons (Fsp3) is 0.0588. The highest BCUT2D eigenvalue weighted by atomic mass is 19.1. The standard InChI is InChI=1S/C17H13FN4O3/c1-8(2)16(23)22-11-5-3-4-9(13(11)18)14-12-10(17(24)25)6-19-15(12)21-7-20-14/h3-7H,1H2,2H3,(H,22,23)(H,24,25)(H,19,20,21). The Morgan fingerprint density at radius 1 is 1.32 bits per heavy atom. The van der Waals surface area contributed by atoms with Crippen molar-refractivity contribution in [2.45, 2.75) is 6.92 Å². The van der Waals surface area contributed by atoms with E-state index >= 15 is 0 Å². The molecule has 25 heavy (non-hydrogen) atoms. The zero-order valence-electron chi connectivity index (χ0n) is 13.1. The average molecular weight is 340 g/mol. The van der Waals surface area contributed by atoms with Crippen molar-refractivity contribution in [1.82, 2.24) is 15.0 Å². The molecule has 0 saturated carbocycles. The van der Waals surface area contributed by atoms with Gasteiger partial charge in [-0.25, -0.2) is 19.2 Å². The molecule has 8 heteroatoms. The molecule has 0 aliphatic heterocycles. The number of nitrogens with zero attached hydrogens (tertiary/aromatic N) is 2. The fourth-order valence-corrected chi connectivity index (χ4v) is 2.38. The van der Waals surface area contributed by atoms with Gasteiger partial charge in [0.15, 0.2) is 5.82 Å². The normalized spacial score (nSPS) is 10.6. The second-order valence-corrected chi connectivity index (χ2v) is 5.35. The van der Waals surface area contributed by atoms with E-state index < -0.39 is 17.7 Å². The number of nitrogens with one attached hydrogen (secondary N) is 2. The monoisotopic (exact) mass is 340 g/mol. The summed E-state index contributed by atoms with van der Waals surface area (Å²) in [5.74, 6) is -2.43. The molecule has 1 amide bonds. The summed E-state index contributed by atoms with van der Waals surface area (Å²) in [6.07, 6.45) is 2.48. The topological polar surface area (TPSA) is 108 Å². The Morgan fingerprint density at radius 3 is 2.76 bits per heavy atom. The molecular weight excluding hydrogens is 327 g/mol. The number of amides is 1. The van der Waals surface area contributed by atoms with Crippen molar-refractivity contribution in [3.63, 3.8) is 0 Å². The SMILES string of the molecule is C=C(C)C(=O)Nc1cccc(-c2ncnc3[nH]cc(C(=O)O)c23)c1F. The van der Waals surface area contributed by atoms with Gasteiger partial charge >= 0.3 is 5.97 Å². The van der Waals surface area contributed by atoms with Gasteiger partial charge in [-0.15, -0.1) is 0 Å². The van der Waals surface area contributed by atoms with E-state index in [4.69, 9.17) is 0 Å². The van der Waals surface area contributed by atoms with Crippen molar-refractivity contribution in [2.75, 3.05) is 5.32 Å². The maximum absolute atomic E-state index is 14.9. The summed E-state index contributed by atoms with van der Waals surface area (Å²) >= 11 is 0. The van der Waals surface area contributed by atoms with Gasteiger partial charge in [0, 0.05) is 17.3 Å². The number of benzene rings is 1. The molecule has 0 aliphatic rings. The highest BCUT2D eigenvalue weighted by molar-refractivity contribution is 6.08. The first-order valence-electron chi connectivity index (χ1n) is 7.21. The van der Waals surface area contributed by atoms with Crippen molar-refractivity contribution in [3.8, 4) is 11.3 Å². The number of fused-ring (bicyclic) bond motifs is 1. The number of carbonyl (C=O) groups is 2. The molecule has 0 spiro atoms. The van der Waals surface area contributed by atoms with Crippen LogP contribution in [0.3, 0.4) is 0 Å². The smallest absolute Gasteiger partial charge is 0.338 e. The fourth-order valence-electron chi connectivity index (χ4n) is 2.38. The van der Waals surface area contributed by atoms with Gasteiger partial charge in [0.1, 0.15) is 12.0 Å². The summed E-state index contributed by atoms with van der Waals surface area (Å²) in [6.45, 7) is 5.01. The van der Waals surface area contributed by atoms with Gasteiger partial charge in [-0.3, -0.25) is 4.79 Å². The van der Waals surface area contributed by atoms with E-state index in [0.717, 1.165) is 0 Å². The van der Waals surface area contributed by atoms with Crippen molar-refractivity contribution in [3.05, 3.63) is 54.3 Å². The molecule has 0 unspecified atom stereocenters. The minimum atomic E-state index is -1.19. The lowest BCUT2D eigenvalue weighted by atomic mass is 10.0. The lowest BCUT2D eigenvalue weighted by Gasteiger charge is -2.10. The Hall–Kier alpha value is -3.55. The van der Waals surface area contributed by atoms with Gasteiger partial charge in [0.05, 0.1) is 22.3 Å². The van der Waals surface area contributed by atoms with Crippen LogP contribution in [0.4, 0.5) is 10.1 Å². The van der Waals surface area contributed by atoms with Gasteiger partial charge in [-0.2, -0.15) is 0 Å². The number of aromatic nitrogens is 3. The van der Waals surface area contributed by atoms with Crippen molar-refractivity contribution in [2.24, 2.45) is 0 Å². The second-order valence-electron chi connectivity index (χ2n) is 5.35. The zero-order valence-corrected chi connectivity index (χ0v) is 13.1. The largest absolute Gasteiger partial charge is 0.478 e. The Labute approximate surface area is 141 Å². The third kappa shape index (κ3) is 2.85. The van der Waals surface area contributed by atoms with E-state index in [-0.39, 0.29) is 39.1 Å². The maximum Gasteiger partial charge on any atom is 0.338 e. The molecule has 0 atom stereocenters. The van der Waals surface area contributed by atoms with Crippen LogP contribution in [0.1, 0.15) is 17.3 Å². The Morgan fingerprint density at radius 2 is 2.08 bits per heavy atom. The molecule has 1 aromatic carbocycles. The summed E-state index contributed by atoms with van der Waals surface area (Å²) in [5, 5.41) is 11.9. The number of aromatic carboxylic acids is 1. The van der Waals surface area contributed by atoms with Crippen LogP contribution in [0, 0.1) is 5.82 Å². The second kappa shape index (κ2) is 6.16. The minimum Gasteiger partial charge on any atom is -0.478 e. The van der Waals surface area contributed by atoms with Crippen LogP contribution < -0.4 is 5.32 Å². The molecule has 0 aliphatic carbocycles. The number of rotatable bonds is 4. The molecule has 3 rings (SSSR count). The maximum atomic E-state index is 14.9. The third-order valence-corrected chi connectivity index (χ3v) is 3.59. The Balaban J connectivity index is 2.19. The van der Waals surface area contributed by atoms with Gasteiger partial charge in [-0.05, 0) is 19.1 Å². The summed E-state index contributed by atoms with van der Waals surface area (Å²) < 4.78 is 14.9. The Kier molecular flexibility index (Phi) is 4.02. The summed E-state index contributed by atoms with van der Waals surface area (Å²) in [4.78, 5) is 33.9. The van der Waals surface area contributed by atoms with Crippen LogP contribution in [0.15, 0.2) is 42.9 Å². The number of hydrogen-bond donors (Lipinski definition) is 3. The lowest BCUT2D eigenvalue weighted by Crippen LogP contribution is -2.13. The van der Waals surface area contributed by atoms with E-state index in [1.54, 1.807) is 0 Å². The first-order valence-corrected chi connectivity index (χ1v) is 7.21. The number of H-pyrrole nitrogens is 1. The first-order chi connectivity index (χ1) is 11.9. The van der Waals surface area contributed by atoms with Crippen LogP contribution in [0.5, 0.6) is 0 Å². The van der Waals surface area contributed by atoms with Crippen LogP contribution in [-0.4, -0.2) is 31.9 Å². The van der Waals surface area contributed by atoms with Crippen LogP contribution in [-0.2, 0) is 4.79 Å². The lowest BCUT2D eigenvalue weighted by molar-refractivity contribution is -0.112. The summed E-state index contributed by atoms with van der Waals surface area (Å²) in [5.41, 5.74) is 0.554. The highest BCUT2D eigenvalue weighted by Gasteiger charge is 2.20. The molecule has 2 heterocycles. The molecule has 0 fully saturated rings. The third-order valence-electron chi connectivity index (χ3n) is 3.59. The molecule has 7 nitrogen and oxygen atoms in total. The zero-order chi connectivity index (χ0) is 18.1. The number of aromatic amines is 1. The van der Waals surface area contributed by atoms with Crippen molar-refractivity contribution < 1.29 is 19.1 Å². The van der Waals surface area contributed by atoms with Crippen LogP contribution >= 0.6 is 0 Å². The predicted molar refractivity (Wildman–Crippen MR) is 89.7 cm³/mol. The van der Waals surface area contributed by atoms with Gasteiger partial charge in [-0.1, -0.05) is 12.6 Å². The van der Waals surface area contributed by atoms with Gasteiger partial charge in [0.25, 0.3) is 5.91 Å². The molecule has 0 saturated heterocycles. The number of carboxylic acids is 1.